The van der Waals surface area contributed by atoms with Crippen LogP contribution in [0.25, 0.3) is 5.57 Å². The monoisotopic (exact) mass is 667 g/mol. The summed E-state index contributed by atoms with van der Waals surface area (Å²) in [5.74, 6) is -0.646. The fourth-order valence-corrected chi connectivity index (χ4v) is 8.17. The average molecular weight is 668 g/mol. The number of benzene rings is 1. The molecule has 1 aromatic carbocycles. The molecule has 0 saturated heterocycles. The van der Waals surface area contributed by atoms with Gasteiger partial charge >= 0.3 is 0 Å². The second-order valence-electron chi connectivity index (χ2n) is 11.7. The molecule has 0 radical (unpaired) electrons. The molecule has 2 aliphatic carbocycles. The molecular weight excluding hydrogens is 622 g/mol. The number of carbonyl (C=O) groups excluding carboxylic acids is 3. The van der Waals surface area contributed by atoms with Gasteiger partial charge < -0.3 is 15.3 Å². The molecule has 0 spiro atoms. The predicted molar refractivity (Wildman–Crippen MR) is 177 cm³/mol. The van der Waals surface area contributed by atoms with Gasteiger partial charge in [-0.25, -0.2) is 13.1 Å². The number of unbranched alkanes of at least 4 members (excludes halogenated alkanes) is 1. The molecule has 0 bridgehead atoms. The predicted octanol–water partition coefficient (Wildman–Crippen LogP) is 4.42. The quantitative estimate of drug-likeness (QED) is 0.162. The van der Waals surface area contributed by atoms with Crippen LogP contribution >= 0.6 is 24.2 Å². The number of hydrogen-bond acceptors (Lipinski definition) is 7. The van der Waals surface area contributed by atoms with Gasteiger partial charge in [0.05, 0.1) is 0 Å². The minimum atomic E-state index is -4.55. The van der Waals surface area contributed by atoms with Gasteiger partial charge in [-0.3, -0.25) is 14.4 Å². The molecule has 1 saturated carbocycles. The van der Waals surface area contributed by atoms with Crippen LogP contribution in [0, 0.1) is 11.8 Å². The van der Waals surface area contributed by atoms with E-state index in [2.05, 4.69) is 17.9 Å². The Morgan fingerprint density at radius 1 is 1.11 bits per heavy atom. The van der Waals surface area contributed by atoms with Gasteiger partial charge in [0, 0.05) is 44.1 Å². The number of alkyl halides is 1. The van der Waals surface area contributed by atoms with Gasteiger partial charge in [-0.1, -0.05) is 86.7 Å². The number of aliphatic hydroxyl groups is 1. The molecule has 3 rings (SSSR count). The van der Waals surface area contributed by atoms with E-state index in [0.29, 0.717) is 35.6 Å². The first-order chi connectivity index (χ1) is 20.9. The van der Waals surface area contributed by atoms with Crippen molar-refractivity contribution in [2.24, 2.45) is 11.8 Å². The molecule has 244 valence electrons. The lowest BCUT2D eigenvalue weighted by Gasteiger charge is -2.35. The maximum atomic E-state index is 13.6. The van der Waals surface area contributed by atoms with Gasteiger partial charge in [0.15, 0.2) is 4.21 Å². The van der Waals surface area contributed by atoms with Crippen molar-refractivity contribution >= 4 is 57.5 Å². The Hall–Kier alpha value is -2.34. The van der Waals surface area contributed by atoms with E-state index in [1.807, 2.05) is 11.6 Å². The molecule has 0 aromatic heterocycles. The van der Waals surface area contributed by atoms with Crippen LogP contribution in [-0.2, 0) is 24.4 Å². The van der Waals surface area contributed by atoms with Crippen LogP contribution in [0.1, 0.15) is 77.2 Å². The molecule has 3 amide bonds. The summed E-state index contributed by atoms with van der Waals surface area (Å²) < 4.78 is 27.1. The van der Waals surface area contributed by atoms with Crippen LogP contribution < -0.4 is 10.0 Å². The number of hydrogen-bond donors (Lipinski definition) is 4. The lowest BCUT2D eigenvalue weighted by molar-refractivity contribution is -0.132. The first-order valence-electron chi connectivity index (χ1n) is 15.5. The molecule has 3 N–H and O–H groups in total. The van der Waals surface area contributed by atoms with Gasteiger partial charge in [-0.2, -0.15) is 12.6 Å². The smallest absolute Gasteiger partial charge is 0.262 e. The van der Waals surface area contributed by atoms with Crippen molar-refractivity contribution in [3.05, 3.63) is 53.6 Å². The summed E-state index contributed by atoms with van der Waals surface area (Å²) in [5.41, 5.74) is 1.40. The molecule has 0 aliphatic heterocycles. The zero-order chi connectivity index (χ0) is 32.3. The Kier molecular flexibility index (Phi) is 13.8. The molecule has 0 heterocycles. The van der Waals surface area contributed by atoms with Gasteiger partial charge in [0.2, 0.25) is 11.8 Å². The number of sulfonamides is 1. The normalized spacial score (nSPS) is 20.6. The Morgan fingerprint density at radius 3 is 2.41 bits per heavy atom. The van der Waals surface area contributed by atoms with E-state index in [0.717, 1.165) is 39.0 Å². The number of allylic oxidation sites excluding steroid dienone is 2. The van der Waals surface area contributed by atoms with E-state index in [9.17, 15) is 27.9 Å². The SMILES string of the molecule is CCCCC(=O)N(CCNC(=O)[C@@H](CS)C1CCCCC1)CC1=CC=C(c2ccccc2)C(Cl)(S(=O)(=O)NC(=O)[C@H](C)O)C1. The number of carbonyl (C=O) groups is 3. The van der Waals surface area contributed by atoms with Crippen molar-refractivity contribution in [3.63, 3.8) is 0 Å². The van der Waals surface area contributed by atoms with Crippen molar-refractivity contribution in [1.82, 2.24) is 14.9 Å². The van der Waals surface area contributed by atoms with E-state index in [-0.39, 0.29) is 49.4 Å². The fourth-order valence-electron chi connectivity index (χ4n) is 5.80. The van der Waals surface area contributed by atoms with Gasteiger partial charge in [0.25, 0.3) is 15.9 Å². The van der Waals surface area contributed by atoms with Crippen LogP contribution in [0.5, 0.6) is 0 Å². The highest BCUT2D eigenvalue weighted by atomic mass is 35.5. The zero-order valence-corrected chi connectivity index (χ0v) is 28.1. The summed E-state index contributed by atoms with van der Waals surface area (Å²) in [6, 6.07) is 8.75. The summed E-state index contributed by atoms with van der Waals surface area (Å²) in [6.45, 7) is 3.75. The van der Waals surface area contributed by atoms with Crippen LogP contribution in [0.15, 0.2) is 48.1 Å². The third kappa shape index (κ3) is 9.34. The summed E-state index contributed by atoms with van der Waals surface area (Å²) >= 11 is 11.4. The first kappa shape index (κ1) is 36.1. The maximum absolute atomic E-state index is 13.6. The molecule has 1 unspecified atom stereocenters. The second kappa shape index (κ2) is 16.8. The molecule has 1 aromatic rings. The fraction of sp³-hybridized carbons (Fsp3) is 0.594. The second-order valence-corrected chi connectivity index (χ2v) is 14.9. The number of amides is 3. The standard InChI is InChI=1S/C32H46ClN3O6S2/c1-3-4-15-29(38)36(19-18-34-31(40)27(22-43)25-11-7-5-8-12-25)21-24-16-17-28(26-13-9-6-10-14-26)32(33,20-24)44(41,42)35-30(39)23(2)37/h6,9-10,13-14,16-17,23,25,27,37,43H,3-5,7-8,11-12,15,18-22H2,1-2H3,(H,34,40)(H,35,39)/t23-,27-,32?/m0/s1. The number of aliphatic hydroxyl groups excluding tert-OH is 1. The molecule has 12 heteroatoms. The summed E-state index contributed by atoms with van der Waals surface area (Å²) in [6.07, 6.45) is 8.93. The van der Waals surface area contributed by atoms with E-state index in [1.54, 1.807) is 47.4 Å². The minimum absolute atomic E-state index is 0.0557. The third-order valence-corrected chi connectivity index (χ3v) is 11.4. The molecule has 1 fully saturated rings. The van der Waals surface area contributed by atoms with E-state index in [1.165, 1.54) is 6.42 Å². The Morgan fingerprint density at radius 2 is 1.80 bits per heavy atom. The number of rotatable bonds is 15. The Balaban J connectivity index is 1.83. The van der Waals surface area contributed by atoms with Crippen molar-refractivity contribution in [2.75, 3.05) is 25.4 Å². The molecular formula is C32H46ClN3O6S2. The lowest BCUT2D eigenvalue weighted by atomic mass is 9.80. The highest BCUT2D eigenvalue weighted by Crippen LogP contribution is 2.45. The maximum Gasteiger partial charge on any atom is 0.262 e. The number of nitrogens with one attached hydrogen (secondary N) is 2. The topological polar surface area (TPSA) is 133 Å². The van der Waals surface area contributed by atoms with Crippen molar-refractivity contribution in [3.8, 4) is 0 Å². The Labute approximate surface area is 272 Å². The van der Waals surface area contributed by atoms with Gasteiger partial charge in [-0.15, -0.1) is 0 Å². The number of halogens is 1. The van der Waals surface area contributed by atoms with Crippen LogP contribution in [0.2, 0.25) is 0 Å². The van der Waals surface area contributed by atoms with Gasteiger partial charge in [-0.05, 0) is 48.8 Å². The first-order valence-corrected chi connectivity index (χ1v) is 18.0. The van der Waals surface area contributed by atoms with Crippen molar-refractivity contribution in [1.29, 1.82) is 0 Å². The molecule has 44 heavy (non-hydrogen) atoms. The minimum Gasteiger partial charge on any atom is -0.384 e. The lowest BCUT2D eigenvalue weighted by Crippen LogP contribution is -2.49. The Bertz CT molecular complexity index is 1310. The summed E-state index contributed by atoms with van der Waals surface area (Å²) in [4.78, 5) is 40.2. The number of thiol groups is 1. The van der Waals surface area contributed by atoms with Crippen LogP contribution in [0.3, 0.4) is 0 Å². The highest BCUT2D eigenvalue weighted by molar-refractivity contribution is 7.93. The van der Waals surface area contributed by atoms with Crippen molar-refractivity contribution < 1.29 is 27.9 Å². The van der Waals surface area contributed by atoms with E-state index >= 15 is 0 Å². The molecule has 9 nitrogen and oxygen atoms in total. The molecule has 3 atom stereocenters. The summed E-state index contributed by atoms with van der Waals surface area (Å²) in [5, 5.41) is 12.7. The van der Waals surface area contributed by atoms with Crippen LogP contribution in [-0.4, -0.2) is 71.8 Å². The third-order valence-electron chi connectivity index (χ3n) is 8.39. The summed E-state index contributed by atoms with van der Waals surface area (Å²) in [7, 11) is -4.55. The largest absolute Gasteiger partial charge is 0.384 e. The van der Waals surface area contributed by atoms with Crippen LogP contribution in [0.4, 0.5) is 0 Å². The highest BCUT2D eigenvalue weighted by Gasteiger charge is 2.49. The van der Waals surface area contributed by atoms with E-state index in [4.69, 9.17) is 11.6 Å². The van der Waals surface area contributed by atoms with Crippen molar-refractivity contribution in [2.45, 2.75) is 81.9 Å². The average Bonchev–Trinajstić information content (AvgIpc) is 3.00. The number of nitrogens with zero attached hydrogens (tertiary/aromatic N) is 1. The van der Waals surface area contributed by atoms with E-state index < -0.39 is 26.2 Å². The van der Waals surface area contributed by atoms with Gasteiger partial charge in [0.1, 0.15) is 6.10 Å². The zero-order valence-electron chi connectivity index (χ0n) is 25.6. The molecule has 2 aliphatic rings.